The Bertz CT molecular complexity index is 438. The molecule has 0 atom stereocenters. The maximum atomic E-state index is 11.5. The van der Waals surface area contributed by atoms with Gasteiger partial charge >= 0.3 is 0 Å². The van der Waals surface area contributed by atoms with Crippen molar-refractivity contribution in [3.63, 3.8) is 0 Å². The van der Waals surface area contributed by atoms with Gasteiger partial charge in [0, 0.05) is 24.0 Å². The normalized spacial score (nSPS) is 14.4. The van der Waals surface area contributed by atoms with Crippen molar-refractivity contribution in [1.82, 2.24) is 5.32 Å². The van der Waals surface area contributed by atoms with Gasteiger partial charge in [0.1, 0.15) is 0 Å². The van der Waals surface area contributed by atoms with E-state index in [0.29, 0.717) is 39.8 Å². The third kappa shape index (κ3) is 3.94. The second-order valence-electron chi connectivity index (χ2n) is 4.26. The molecule has 18 heavy (non-hydrogen) atoms. The quantitative estimate of drug-likeness (QED) is 0.870. The number of carbonyl (C=O) groups is 1. The number of hydrogen-bond donors (Lipinski definition) is 2. The van der Waals surface area contributed by atoms with Gasteiger partial charge < -0.3 is 10.6 Å². The van der Waals surface area contributed by atoms with E-state index in [1.807, 2.05) is 0 Å². The number of rotatable bonds is 5. The van der Waals surface area contributed by atoms with Crippen LogP contribution in [0.5, 0.6) is 0 Å². The zero-order chi connectivity index (χ0) is 13.1. The smallest absolute Gasteiger partial charge is 0.221 e. The fourth-order valence-corrected chi connectivity index (χ4v) is 2.49. The average Bonchev–Trinajstić information content (AvgIpc) is 3.05. The van der Waals surface area contributed by atoms with E-state index in [1.54, 1.807) is 12.1 Å². The Morgan fingerprint density at radius 1 is 1.22 bits per heavy atom. The van der Waals surface area contributed by atoms with Crippen molar-refractivity contribution in [2.24, 2.45) is 0 Å². The zero-order valence-corrected chi connectivity index (χ0v) is 11.9. The molecule has 0 radical (unpaired) electrons. The van der Waals surface area contributed by atoms with Gasteiger partial charge in [-0.2, -0.15) is 0 Å². The number of benzene rings is 1. The lowest BCUT2D eigenvalue weighted by Crippen LogP contribution is -2.27. The van der Waals surface area contributed by atoms with Crippen molar-refractivity contribution < 1.29 is 4.79 Å². The summed E-state index contributed by atoms with van der Waals surface area (Å²) in [4.78, 5) is 11.5. The molecule has 3 nitrogen and oxygen atoms in total. The highest BCUT2D eigenvalue weighted by Gasteiger charge is 2.22. The van der Waals surface area contributed by atoms with Gasteiger partial charge in [-0.3, -0.25) is 4.79 Å². The molecule has 0 saturated heterocycles. The van der Waals surface area contributed by atoms with Gasteiger partial charge in [0.2, 0.25) is 5.91 Å². The Balaban J connectivity index is 1.84. The van der Waals surface area contributed by atoms with Crippen LogP contribution < -0.4 is 10.6 Å². The molecule has 1 aromatic carbocycles. The molecule has 2 N–H and O–H groups in total. The topological polar surface area (TPSA) is 41.1 Å². The molecular formula is C12H13Cl3N2O. The van der Waals surface area contributed by atoms with Gasteiger partial charge in [-0.1, -0.05) is 34.8 Å². The summed E-state index contributed by atoms with van der Waals surface area (Å²) < 4.78 is 0. The van der Waals surface area contributed by atoms with E-state index in [2.05, 4.69) is 10.6 Å². The number of halogens is 3. The summed E-state index contributed by atoms with van der Waals surface area (Å²) >= 11 is 17.8. The third-order valence-corrected chi connectivity index (χ3v) is 3.42. The molecule has 1 aliphatic carbocycles. The lowest BCUT2D eigenvalue weighted by molar-refractivity contribution is -0.120. The molecule has 98 valence electrons. The van der Waals surface area contributed by atoms with Gasteiger partial charge in [-0.05, 0) is 25.0 Å². The number of anilines is 1. The maximum Gasteiger partial charge on any atom is 0.221 e. The molecule has 2 rings (SSSR count). The molecule has 1 amide bonds. The van der Waals surface area contributed by atoms with Crippen molar-refractivity contribution in [2.75, 3.05) is 11.9 Å². The summed E-state index contributed by atoms with van der Waals surface area (Å²) in [6.45, 7) is 0.486. The summed E-state index contributed by atoms with van der Waals surface area (Å²) in [6.07, 6.45) is 2.58. The van der Waals surface area contributed by atoms with E-state index in [4.69, 9.17) is 34.8 Å². The van der Waals surface area contributed by atoms with E-state index in [9.17, 15) is 4.79 Å². The highest BCUT2D eigenvalue weighted by molar-refractivity contribution is 6.41. The number of amides is 1. The Kier molecular flexibility index (Phi) is 4.60. The van der Waals surface area contributed by atoms with E-state index >= 15 is 0 Å². The first kappa shape index (κ1) is 13.8. The van der Waals surface area contributed by atoms with Gasteiger partial charge in [-0.25, -0.2) is 0 Å². The van der Waals surface area contributed by atoms with Gasteiger partial charge in [0.05, 0.1) is 15.7 Å². The molecule has 0 aliphatic heterocycles. The lowest BCUT2D eigenvalue weighted by atomic mass is 10.3. The minimum absolute atomic E-state index is 0.0474. The lowest BCUT2D eigenvalue weighted by Gasteiger charge is -2.10. The van der Waals surface area contributed by atoms with Crippen molar-refractivity contribution in [3.8, 4) is 0 Å². The largest absolute Gasteiger partial charge is 0.382 e. The first-order valence-electron chi connectivity index (χ1n) is 5.74. The Hall–Kier alpha value is -0.640. The highest BCUT2D eigenvalue weighted by atomic mass is 35.5. The summed E-state index contributed by atoms with van der Waals surface area (Å²) in [5.74, 6) is 0.0474. The zero-order valence-electron chi connectivity index (χ0n) is 9.60. The molecule has 0 heterocycles. The van der Waals surface area contributed by atoms with E-state index in [-0.39, 0.29) is 5.91 Å². The van der Waals surface area contributed by atoms with Gasteiger partial charge in [0.15, 0.2) is 0 Å². The number of carbonyl (C=O) groups excluding carboxylic acids is 1. The summed E-state index contributed by atoms with van der Waals surface area (Å²) in [7, 11) is 0. The summed E-state index contributed by atoms with van der Waals surface area (Å²) in [6, 6.07) is 3.61. The predicted molar refractivity (Wildman–Crippen MR) is 75.7 cm³/mol. The van der Waals surface area contributed by atoms with E-state index in [0.717, 1.165) is 12.8 Å². The van der Waals surface area contributed by atoms with Crippen LogP contribution in [0, 0.1) is 0 Å². The van der Waals surface area contributed by atoms with Crippen molar-refractivity contribution in [3.05, 3.63) is 27.2 Å². The van der Waals surface area contributed by atoms with Gasteiger partial charge in [0.25, 0.3) is 0 Å². The molecular weight excluding hydrogens is 295 g/mol. The number of hydrogen-bond acceptors (Lipinski definition) is 2. The van der Waals surface area contributed by atoms with Crippen LogP contribution in [-0.4, -0.2) is 18.5 Å². The fourth-order valence-electron chi connectivity index (χ4n) is 1.54. The van der Waals surface area contributed by atoms with Crippen LogP contribution in [0.15, 0.2) is 12.1 Å². The first-order valence-corrected chi connectivity index (χ1v) is 6.87. The first-order chi connectivity index (χ1) is 8.56. The molecule has 1 fully saturated rings. The monoisotopic (exact) mass is 306 g/mol. The maximum absolute atomic E-state index is 11.5. The highest BCUT2D eigenvalue weighted by Crippen LogP contribution is 2.33. The molecule has 6 heteroatoms. The third-order valence-electron chi connectivity index (χ3n) is 2.60. The van der Waals surface area contributed by atoms with Crippen molar-refractivity contribution in [2.45, 2.75) is 25.3 Å². The standard InChI is InChI=1S/C12H13Cl3N2O/c13-7-5-9(14)12(10(15)6-7)16-4-3-11(18)17-8-1-2-8/h5-6,8,16H,1-4H2,(H,17,18). The van der Waals surface area contributed by atoms with Crippen LogP contribution in [-0.2, 0) is 4.79 Å². The molecule has 0 bridgehead atoms. The summed E-state index contributed by atoms with van der Waals surface area (Å²) in [5.41, 5.74) is 0.613. The van der Waals surface area contributed by atoms with Crippen molar-refractivity contribution in [1.29, 1.82) is 0 Å². The van der Waals surface area contributed by atoms with Crippen LogP contribution in [0.4, 0.5) is 5.69 Å². The molecule has 0 unspecified atom stereocenters. The SMILES string of the molecule is O=C(CCNc1c(Cl)cc(Cl)cc1Cl)NC1CC1. The molecule has 1 saturated carbocycles. The minimum Gasteiger partial charge on any atom is -0.382 e. The Morgan fingerprint density at radius 2 is 1.83 bits per heavy atom. The fraction of sp³-hybridized carbons (Fsp3) is 0.417. The van der Waals surface area contributed by atoms with Crippen LogP contribution in [0.2, 0.25) is 15.1 Å². The molecule has 1 aliphatic rings. The van der Waals surface area contributed by atoms with Crippen LogP contribution >= 0.6 is 34.8 Å². The van der Waals surface area contributed by atoms with E-state index in [1.165, 1.54) is 0 Å². The van der Waals surface area contributed by atoms with E-state index < -0.39 is 0 Å². The Labute approximate surface area is 121 Å². The average molecular weight is 308 g/mol. The second-order valence-corrected chi connectivity index (χ2v) is 5.51. The number of nitrogens with one attached hydrogen (secondary N) is 2. The Morgan fingerprint density at radius 3 is 2.39 bits per heavy atom. The van der Waals surface area contributed by atoms with Gasteiger partial charge in [-0.15, -0.1) is 0 Å². The van der Waals surface area contributed by atoms with Crippen LogP contribution in [0.25, 0.3) is 0 Å². The van der Waals surface area contributed by atoms with Crippen LogP contribution in [0.3, 0.4) is 0 Å². The molecule has 0 aromatic heterocycles. The molecule has 0 spiro atoms. The second kappa shape index (κ2) is 6.00. The van der Waals surface area contributed by atoms with Crippen LogP contribution in [0.1, 0.15) is 19.3 Å². The minimum atomic E-state index is 0.0474. The van der Waals surface area contributed by atoms with Crippen molar-refractivity contribution >= 4 is 46.4 Å². The predicted octanol–water partition coefficient (Wildman–Crippen LogP) is 3.73. The summed E-state index contributed by atoms with van der Waals surface area (Å²) in [5, 5.41) is 7.36. The molecule has 1 aromatic rings.